The highest BCUT2D eigenvalue weighted by atomic mass is 16.1. The summed E-state index contributed by atoms with van der Waals surface area (Å²) in [5, 5.41) is 7.15. The van der Waals surface area contributed by atoms with Gasteiger partial charge in [-0.05, 0) is 43.2 Å². The van der Waals surface area contributed by atoms with Crippen molar-refractivity contribution in [2.45, 2.75) is 20.4 Å². The van der Waals surface area contributed by atoms with Crippen LogP contribution >= 0.6 is 0 Å². The first kappa shape index (κ1) is 18.6. The van der Waals surface area contributed by atoms with Crippen molar-refractivity contribution in [1.82, 2.24) is 20.3 Å². The standard InChI is InChI=1S/C23H21N5O/c1-15-7-3-4-8-18(15)14-25-22(29)20-13-16(2)26-23(28-20)27-19-11-5-9-17-10-6-12-24-21(17)19/h3-13H,14H2,1-2H3,(H,25,29)(H,26,27,28). The Kier molecular flexibility index (Phi) is 5.16. The first-order valence-corrected chi connectivity index (χ1v) is 9.39. The highest BCUT2D eigenvalue weighted by molar-refractivity contribution is 5.93. The molecule has 0 fully saturated rings. The predicted molar refractivity (Wildman–Crippen MR) is 114 cm³/mol. The van der Waals surface area contributed by atoms with Crippen molar-refractivity contribution in [3.05, 3.63) is 89.4 Å². The molecule has 1 amide bonds. The summed E-state index contributed by atoms with van der Waals surface area (Å²) >= 11 is 0. The lowest BCUT2D eigenvalue weighted by molar-refractivity contribution is 0.0945. The van der Waals surface area contributed by atoms with E-state index in [9.17, 15) is 4.79 Å². The lowest BCUT2D eigenvalue weighted by Gasteiger charge is -2.11. The van der Waals surface area contributed by atoms with Gasteiger partial charge in [0.15, 0.2) is 0 Å². The zero-order chi connectivity index (χ0) is 20.2. The summed E-state index contributed by atoms with van der Waals surface area (Å²) in [6.07, 6.45) is 1.75. The summed E-state index contributed by atoms with van der Waals surface area (Å²) in [7, 11) is 0. The average Bonchev–Trinajstić information content (AvgIpc) is 2.73. The first-order valence-electron chi connectivity index (χ1n) is 9.39. The largest absolute Gasteiger partial charge is 0.347 e. The van der Waals surface area contributed by atoms with Gasteiger partial charge in [-0.15, -0.1) is 0 Å². The number of aromatic nitrogens is 3. The van der Waals surface area contributed by atoms with Crippen LogP contribution in [0.4, 0.5) is 11.6 Å². The quantitative estimate of drug-likeness (QED) is 0.537. The van der Waals surface area contributed by atoms with E-state index in [4.69, 9.17) is 0 Å². The Labute approximate surface area is 169 Å². The Hall–Kier alpha value is -3.80. The maximum absolute atomic E-state index is 12.7. The number of para-hydroxylation sites is 1. The second-order valence-electron chi connectivity index (χ2n) is 6.83. The molecule has 2 N–H and O–H groups in total. The number of benzene rings is 2. The molecule has 2 aromatic carbocycles. The molecule has 0 radical (unpaired) electrons. The number of amides is 1. The number of hydrogen-bond donors (Lipinski definition) is 2. The fraction of sp³-hybridized carbons (Fsp3) is 0.130. The number of aryl methyl sites for hydroxylation is 2. The highest BCUT2D eigenvalue weighted by Crippen LogP contribution is 2.23. The summed E-state index contributed by atoms with van der Waals surface area (Å²) < 4.78 is 0. The van der Waals surface area contributed by atoms with Crippen LogP contribution in [0.15, 0.2) is 66.9 Å². The summed E-state index contributed by atoms with van der Waals surface area (Å²) in [6.45, 7) is 4.31. The molecule has 0 unspecified atom stereocenters. The Morgan fingerprint density at radius 2 is 1.79 bits per heavy atom. The van der Waals surface area contributed by atoms with E-state index in [1.807, 2.05) is 68.4 Å². The number of rotatable bonds is 5. The van der Waals surface area contributed by atoms with Crippen LogP contribution < -0.4 is 10.6 Å². The van der Waals surface area contributed by atoms with Gasteiger partial charge in [-0.2, -0.15) is 0 Å². The third-order valence-electron chi connectivity index (χ3n) is 4.67. The van der Waals surface area contributed by atoms with Gasteiger partial charge < -0.3 is 10.6 Å². The molecule has 6 nitrogen and oxygen atoms in total. The van der Waals surface area contributed by atoms with E-state index in [-0.39, 0.29) is 5.91 Å². The molecule has 2 heterocycles. The van der Waals surface area contributed by atoms with Crippen molar-refractivity contribution in [1.29, 1.82) is 0 Å². The molecule has 0 atom stereocenters. The Morgan fingerprint density at radius 3 is 2.66 bits per heavy atom. The van der Waals surface area contributed by atoms with E-state index in [1.165, 1.54) is 0 Å². The van der Waals surface area contributed by atoms with Crippen LogP contribution in [-0.2, 0) is 6.54 Å². The van der Waals surface area contributed by atoms with Crippen molar-refractivity contribution in [2.24, 2.45) is 0 Å². The molecule has 0 spiro atoms. The maximum atomic E-state index is 12.7. The van der Waals surface area contributed by atoms with E-state index in [0.717, 1.165) is 27.7 Å². The first-order chi connectivity index (χ1) is 14.1. The Balaban J connectivity index is 1.56. The molecule has 144 valence electrons. The number of fused-ring (bicyclic) bond motifs is 1. The third-order valence-corrected chi connectivity index (χ3v) is 4.67. The number of hydrogen-bond acceptors (Lipinski definition) is 5. The Morgan fingerprint density at radius 1 is 0.966 bits per heavy atom. The predicted octanol–water partition coefficient (Wildman–Crippen LogP) is 4.32. The fourth-order valence-electron chi connectivity index (χ4n) is 3.14. The summed E-state index contributed by atoms with van der Waals surface area (Å²) in [5.41, 5.74) is 4.86. The lowest BCUT2D eigenvalue weighted by atomic mass is 10.1. The van der Waals surface area contributed by atoms with E-state index in [0.29, 0.717) is 23.9 Å². The lowest BCUT2D eigenvalue weighted by Crippen LogP contribution is -2.24. The van der Waals surface area contributed by atoms with Crippen LogP contribution in [0.25, 0.3) is 10.9 Å². The van der Waals surface area contributed by atoms with Crippen LogP contribution in [0.1, 0.15) is 27.3 Å². The molecule has 2 aromatic heterocycles. The normalized spacial score (nSPS) is 10.7. The topological polar surface area (TPSA) is 79.8 Å². The third kappa shape index (κ3) is 4.21. The van der Waals surface area contributed by atoms with Crippen LogP contribution in [0, 0.1) is 13.8 Å². The smallest absolute Gasteiger partial charge is 0.270 e. The molecule has 4 rings (SSSR count). The van der Waals surface area contributed by atoms with Gasteiger partial charge in [0.25, 0.3) is 5.91 Å². The van der Waals surface area contributed by atoms with E-state index >= 15 is 0 Å². The highest BCUT2D eigenvalue weighted by Gasteiger charge is 2.12. The van der Waals surface area contributed by atoms with E-state index in [2.05, 4.69) is 25.6 Å². The molecule has 0 aliphatic carbocycles. The van der Waals surface area contributed by atoms with Gasteiger partial charge in [-0.25, -0.2) is 9.97 Å². The summed E-state index contributed by atoms with van der Waals surface area (Å²) in [6, 6.07) is 19.4. The van der Waals surface area contributed by atoms with Crippen molar-refractivity contribution >= 4 is 28.4 Å². The van der Waals surface area contributed by atoms with Crippen LogP contribution in [0.3, 0.4) is 0 Å². The monoisotopic (exact) mass is 383 g/mol. The van der Waals surface area contributed by atoms with Crippen molar-refractivity contribution in [3.63, 3.8) is 0 Å². The number of pyridine rings is 1. The van der Waals surface area contributed by atoms with Crippen LogP contribution in [0.5, 0.6) is 0 Å². The van der Waals surface area contributed by atoms with Crippen molar-refractivity contribution in [2.75, 3.05) is 5.32 Å². The van der Waals surface area contributed by atoms with Crippen molar-refractivity contribution in [3.8, 4) is 0 Å². The van der Waals surface area contributed by atoms with Gasteiger partial charge in [-0.3, -0.25) is 9.78 Å². The molecule has 29 heavy (non-hydrogen) atoms. The number of nitrogens with zero attached hydrogens (tertiary/aromatic N) is 3. The molecule has 0 aliphatic rings. The molecule has 0 aliphatic heterocycles. The molecule has 6 heteroatoms. The number of anilines is 2. The van der Waals surface area contributed by atoms with Crippen LogP contribution in [0.2, 0.25) is 0 Å². The molecule has 0 saturated carbocycles. The number of nitrogens with one attached hydrogen (secondary N) is 2. The molecular weight excluding hydrogens is 362 g/mol. The minimum Gasteiger partial charge on any atom is -0.347 e. The SMILES string of the molecule is Cc1cc(C(=O)NCc2ccccc2C)nc(Nc2cccc3cccnc23)n1. The minimum atomic E-state index is -0.238. The van der Waals surface area contributed by atoms with Gasteiger partial charge in [-0.1, -0.05) is 42.5 Å². The van der Waals surface area contributed by atoms with Gasteiger partial charge in [0, 0.05) is 23.8 Å². The second kappa shape index (κ2) is 8.06. The Bertz CT molecular complexity index is 1180. The van der Waals surface area contributed by atoms with E-state index < -0.39 is 0 Å². The zero-order valence-electron chi connectivity index (χ0n) is 16.3. The average molecular weight is 383 g/mol. The molecular formula is C23H21N5O. The maximum Gasteiger partial charge on any atom is 0.270 e. The van der Waals surface area contributed by atoms with Gasteiger partial charge in [0.1, 0.15) is 5.69 Å². The fourth-order valence-corrected chi connectivity index (χ4v) is 3.14. The van der Waals surface area contributed by atoms with Crippen molar-refractivity contribution < 1.29 is 4.79 Å². The van der Waals surface area contributed by atoms with Gasteiger partial charge >= 0.3 is 0 Å². The zero-order valence-corrected chi connectivity index (χ0v) is 16.3. The van der Waals surface area contributed by atoms with Crippen LogP contribution in [-0.4, -0.2) is 20.9 Å². The summed E-state index contributed by atoms with van der Waals surface area (Å²) in [4.78, 5) is 25.9. The van der Waals surface area contributed by atoms with Gasteiger partial charge in [0.05, 0.1) is 11.2 Å². The molecule has 0 bridgehead atoms. The molecule has 0 saturated heterocycles. The number of carbonyl (C=O) groups excluding carboxylic acids is 1. The number of carbonyl (C=O) groups is 1. The second-order valence-corrected chi connectivity index (χ2v) is 6.83. The summed E-state index contributed by atoms with van der Waals surface area (Å²) in [5.74, 6) is 0.127. The van der Waals surface area contributed by atoms with E-state index in [1.54, 1.807) is 12.3 Å². The molecule has 4 aromatic rings. The van der Waals surface area contributed by atoms with Gasteiger partial charge in [0.2, 0.25) is 5.95 Å². The minimum absolute atomic E-state index is 0.238.